The molecule has 0 saturated heterocycles. The fourth-order valence-corrected chi connectivity index (χ4v) is 1.88. The Labute approximate surface area is 118 Å². The van der Waals surface area contributed by atoms with Gasteiger partial charge in [-0.15, -0.1) is 0 Å². The normalized spacial score (nSPS) is 12.6. The second-order valence-corrected chi connectivity index (χ2v) is 5.38. The van der Waals surface area contributed by atoms with Crippen LogP contribution in [0.5, 0.6) is 0 Å². The molecule has 0 amide bonds. The maximum absolute atomic E-state index is 12.4. The van der Waals surface area contributed by atoms with Crippen LogP contribution >= 0.6 is 0 Å². The summed E-state index contributed by atoms with van der Waals surface area (Å²) in [4.78, 5) is 4.58. The van der Waals surface area contributed by atoms with Gasteiger partial charge in [-0.25, -0.2) is 0 Å². The number of rotatable bonds is 5. The van der Waals surface area contributed by atoms with Crippen molar-refractivity contribution in [3.8, 4) is 6.07 Å². The zero-order chi connectivity index (χ0) is 16.1. The number of nitrogens with one attached hydrogen (secondary N) is 1. The molecule has 0 bridgehead atoms. The van der Waals surface area contributed by atoms with E-state index in [1.165, 1.54) is 29.8 Å². The van der Waals surface area contributed by atoms with E-state index in [0.717, 1.165) is 6.07 Å². The molecular formula is C11H10F3N3O3S. The number of halogens is 3. The monoisotopic (exact) mass is 321 g/mol. The Balaban J connectivity index is 3.12. The van der Waals surface area contributed by atoms with Crippen molar-refractivity contribution in [1.82, 2.24) is 0 Å². The number of benzene rings is 1. The van der Waals surface area contributed by atoms with Gasteiger partial charge in [0.15, 0.2) is 0 Å². The van der Waals surface area contributed by atoms with Gasteiger partial charge >= 0.3 is 15.5 Å². The van der Waals surface area contributed by atoms with Gasteiger partial charge < -0.3 is 4.84 Å². The van der Waals surface area contributed by atoms with Crippen molar-refractivity contribution in [2.45, 2.75) is 12.4 Å². The molecular weight excluding hydrogens is 311 g/mol. The average Bonchev–Trinajstić information content (AvgIpc) is 2.37. The van der Waals surface area contributed by atoms with Crippen LogP contribution in [0.25, 0.3) is 0 Å². The van der Waals surface area contributed by atoms with Crippen LogP contribution in [0.1, 0.15) is 12.5 Å². The molecule has 0 radical (unpaired) electrons. The molecule has 0 unspecified atom stereocenters. The Hall–Kier alpha value is -2.28. The van der Waals surface area contributed by atoms with Crippen LogP contribution in [0.15, 0.2) is 29.4 Å². The first-order valence-corrected chi connectivity index (χ1v) is 6.89. The van der Waals surface area contributed by atoms with Gasteiger partial charge in [0.1, 0.15) is 6.07 Å². The average molecular weight is 321 g/mol. The summed E-state index contributed by atoms with van der Waals surface area (Å²) in [7, 11) is -5.53. The Kier molecular flexibility index (Phi) is 5.15. The molecule has 1 aromatic rings. The van der Waals surface area contributed by atoms with Crippen molar-refractivity contribution in [1.29, 1.82) is 5.26 Å². The van der Waals surface area contributed by atoms with Crippen molar-refractivity contribution < 1.29 is 26.4 Å². The SMILES string of the molecule is C/C(=N\OCC#N)c1ccccc1NS(=O)(=O)C(F)(F)F. The van der Waals surface area contributed by atoms with E-state index in [1.807, 2.05) is 0 Å². The summed E-state index contributed by atoms with van der Waals surface area (Å²) in [6, 6.07) is 7.03. The minimum absolute atomic E-state index is 0.100. The lowest BCUT2D eigenvalue weighted by Crippen LogP contribution is -2.30. The number of hydrogen-bond donors (Lipinski definition) is 1. The maximum Gasteiger partial charge on any atom is 0.516 e. The molecule has 1 aromatic carbocycles. The van der Waals surface area contributed by atoms with Gasteiger partial charge in [0.2, 0.25) is 6.61 Å². The lowest BCUT2D eigenvalue weighted by Gasteiger charge is -2.13. The number of para-hydroxylation sites is 1. The number of hydrogen-bond acceptors (Lipinski definition) is 5. The third-order valence-corrected chi connectivity index (χ3v) is 3.29. The highest BCUT2D eigenvalue weighted by Gasteiger charge is 2.46. The highest BCUT2D eigenvalue weighted by molar-refractivity contribution is 7.93. The van der Waals surface area contributed by atoms with E-state index < -0.39 is 15.5 Å². The fraction of sp³-hybridized carbons (Fsp3) is 0.273. The summed E-state index contributed by atoms with van der Waals surface area (Å²) in [5, 5.41) is 11.8. The Morgan fingerprint density at radius 1 is 1.43 bits per heavy atom. The van der Waals surface area contributed by atoms with Crippen LogP contribution in [-0.4, -0.2) is 26.2 Å². The molecule has 0 heterocycles. The van der Waals surface area contributed by atoms with E-state index in [1.54, 1.807) is 6.07 Å². The van der Waals surface area contributed by atoms with Crippen molar-refractivity contribution in [3.05, 3.63) is 29.8 Å². The van der Waals surface area contributed by atoms with Crippen molar-refractivity contribution in [3.63, 3.8) is 0 Å². The van der Waals surface area contributed by atoms with E-state index in [2.05, 4.69) is 9.99 Å². The molecule has 0 atom stereocenters. The predicted octanol–water partition coefficient (Wildman–Crippen LogP) is 2.21. The van der Waals surface area contributed by atoms with Gasteiger partial charge in [-0.05, 0) is 13.0 Å². The lowest BCUT2D eigenvalue weighted by atomic mass is 10.1. The van der Waals surface area contributed by atoms with Crippen LogP contribution < -0.4 is 4.72 Å². The fourth-order valence-electron chi connectivity index (χ4n) is 1.30. The third-order valence-electron chi connectivity index (χ3n) is 2.20. The summed E-state index contributed by atoms with van der Waals surface area (Å²) in [5.41, 5.74) is -5.51. The molecule has 0 spiro atoms. The first-order chi connectivity index (χ1) is 9.69. The molecule has 21 heavy (non-hydrogen) atoms. The lowest BCUT2D eigenvalue weighted by molar-refractivity contribution is -0.0429. The quantitative estimate of drug-likeness (QED) is 0.511. The molecule has 1 N–H and O–H groups in total. The number of anilines is 1. The van der Waals surface area contributed by atoms with E-state index in [0.29, 0.717) is 0 Å². The molecule has 0 saturated carbocycles. The number of nitrogens with zero attached hydrogens (tertiary/aromatic N) is 2. The van der Waals surface area contributed by atoms with E-state index in [-0.39, 0.29) is 23.6 Å². The van der Waals surface area contributed by atoms with Gasteiger partial charge in [0.05, 0.1) is 11.4 Å². The topological polar surface area (TPSA) is 91.5 Å². The molecule has 0 aliphatic heterocycles. The summed E-state index contributed by atoms with van der Waals surface area (Å²) >= 11 is 0. The molecule has 1 rings (SSSR count). The first kappa shape index (κ1) is 16.8. The van der Waals surface area contributed by atoms with Crippen LogP contribution in [0, 0.1) is 11.3 Å². The number of alkyl halides is 3. The molecule has 0 aromatic heterocycles. The number of nitriles is 1. The van der Waals surface area contributed by atoms with Crippen molar-refractivity contribution in [2.75, 3.05) is 11.3 Å². The van der Waals surface area contributed by atoms with Gasteiger partial charge in [0, 0.05) is 5.56 Å². The van der Waals surface area contributed by atoms with Crippen LogP contribution in [-0.2, 0) is 14.9 Å². The standard InChI is InChI=1S/C11H10F3N3O3S/c1-8(16-20-7-6-15)9-4-2-3-5-10(9)17-21(18,19)11(12,13)14/h2-5,17H,7H2,1H3/b16-8+. The second kappa shape index (κ2) is 6.45. The summed E-state index contributed by atoms with van der Waals surface area (Å²) in [5.74, 6) is 0. The van der Waals surface area contributed by atoms with Crippen molar-refractivity contribution >= 4 is 21.4 Å². The van der Waals surface area contributed by atoms with E-state index >= 15 is 0 Å². The molecule has 10 heteroatoms. The Bertz CT molecular complexity index is 678. The van der Waals surface area contributed by atoms with E-state index in [9.17, 15) is 21.6 Å². The van der Waals surface area contributed by atoms with Gasteiger partial charge in [0.25, 0.3) is 0 Å². The van der Waals surface area contributed by atoms with Gasteiger partial charge in [-0.1, -0.05) is 23.4 Å². The minimum atomic E-state index is -5.53. The predicted molar refractivity (Wildman–Crippen MR) is 68.8 cm³/mol. The molecule has 0 aliphatic rings. The first-order valence-electron chi connectivity index (χ1n) is 5.41. The highest BCUT2D eigenvalue weighted by atomic mass is 32.2. The van der Waals surface area contributed by atoms with Gasteiger partial charge in [-0.2, -0.15) is 26.9 Å². The summed E-state index contributed by atoms with van der Waals surface area (Å²) in [6.07, 6.45) is 0. The zero-order valence-electron chi connectivity index (χ0n) is 10.7. The Morgan fingerprint density at radius 3 is 2.62 bits per heavy atom. The molecule has 0 fully saturated rings. The van der Waals surface area contributed by atoms with Crippen LogP contribution in [0.3, 0.4) is 0 Å². The largest absolute Gasteiger partial charge is 0.516 e. The minimum Gasteiger partial charge on any atom is -0.380 e. The van der Waals surface area contributed by atoms with Crippen LogP contribution in [0.4, 0.5) is 18.9 Å². The number of sulfonamides is 1. The van der Waals surface area contributed by atoms with Crippen molar-refractivity contribution in [2.24, 2.45) is 5.16 Å². The maximum atomic E-state index is 12.4. The van der Waals surface area contributed by atoms with Crippen LogP contribution in [0.2, 0.25) is 0 Å². The zero-order valence-corrected chi connectivity index (χ0v) is 11.5. The van der Waals surface area contributed by atoms with Gasteiger partial charge in [-0.3, -0.25) is 4.72 Å². The van der Waals surface area contributed by atoms with E-state index in [4.69, 9.17) is 5.26 Å². The molecule has 0 aliphatic carbocycles. The summed E-state index contributed by atoms with van der Waals surface area (Å²) < 4.78 is 60.7. The third kappa shape index (κ3) is 4.35. The molecule has 6 nitrogen and oxygen atoms in total. The summed E-state index contributed by atoms with van der Waals surface area (Å²) in [6.45, 7) is 1.06. The number of oxime groups is 1. The molecule has 114 valence electrons. The highest BCUT2D eigenvalue weighted by Crippen LogP contribution is 2.27. The Morgan fingerprint density at radius 2 is 2.05 bits per heavy atom. The second-order valence-electron chi connectivity index (χ2n) is 3.71. The smallest absolute Gasteiger partial charge is 0.380 e.